The number of ether oxygens (including phenoxy) is 2. The molecule has 0 aliphatic rings. The second kappa shape index (κ2) is 10.5. The Morgan fingerprint density at radius 1 is 1.24 bits per heavy atom. The zero-order valence-electron chi connectivity index (χ0n) is 13.4. The van der Waals surface area contributed by atoms with Gasteiger partial charge in [-0.2, -0.15) is 0 Å². The van der Waals surface area contributed by atoms with Crippen LogP contribution < -0.4 is 10.6 Å². The molecule has 0 saturated heterocycles. The second-order valence-electron chi connectivity index (χ2n) is 4.55. The smallest absolute Gasteiger partial charge is 0.191 e. The molecular formula is C14H26N4O2S. The van der Waals surface area contributed by atoms with Crippen LogP contribution >= 0.6 is 11.3 Å². The molecule has 0 saturated carbocycles. The summed E-state index contributed by atoms with van der Waals surface area (Å²) >= 11 is 1.72. The predicted molar refractivity (Wildman–Crippen MR) is 87.1 cm³/mol. The molecule has 1 aromatic heterocycles. The summed E-state index contributed by atoms with van der Waals surface area (Å²) in [7, 11) is 3.45. The third kappa shape index (κ3) is 7.40. The van der Waals surface area contributed by atoms with Gasteiger partial charge in [-0.1, -0.05) is 0 Å². The maximum absolute atomic E-state index is 5.41. The highest BCUT2D eigenvalue weighted by Gasteiger charge is 2.05. The van der Waals surface area contributed by atoms with Crippen molar-refractivity contribution in [3.63, 3.8) is 0 Å². The van der Waals surface area contributed by atoms with E-state index in [4.69, 9.17) is 9.47 Å². The molecule has 0 fully saturated rings. The van der Waals surface area contributed by atoms with E-state index in [1.165, 1.54) is 4.88 Å². The first-order chi connectivity index (χ1) is 10.2. The van der Waals surface area contributed by atoms with Gasteiger partial charge in [0.25, 0.3) is 0 Å². The molecule has 7 heteroatoms. The van der Waals surface area contributed by atoms with Gasteiger partial charge in [0.1, 0.15) is 0 Å². The molecule has 1 aromatic rings. The summed E-state index contributed by atoms with van der Waals surface area (Å²) in [4.78, 5) is 9.87. The first-order valence-electron chi connectivity index (χ1n) is 7.11. The van der Waals surface area contributed by atoms with Crippen LogP contribution in [0.15, 0.2) is 4.99 Å². The first-order valence-corrected chi connectivity index (χ1v) is 7.93. The molecule has 21 heavy (non-hydrogen) atoms. The number of rotatable bonds is 9. The number of aromatic nitrogens is 1. The Labute approximate surface area is 131 Å². The van der Waals surface area contributed by atoms with Gasteiger partial charge in [0.15, 0.2) is 5.96 Å². The highest BCUT2D eigenvalue weighted by atomic mass is 32.1. The Balaban J connectivity index is 2.16. The number of aliphatic imine (C=N–C) groups is 1. The normalized spacial score (nSPS) is 11.7. The molecule has 0 spiro atoms. The Morgan fingerprint density at radius 2 is 2.05 bits per heavy atom. The average Bonchev–Trinajstić information content (AvgIpc) is 2.79. The maximum atomic E-state index is 5.41. The molecule has 1 heterocycles. The van der Waals surface area contributed by atoms with Crippen LogP contribution in [-0.2, 0) is 16.0 Å². The summed E-state index contributed by atoms with van der Waals surface area (Å²) in [5, 5.41) is 7.67. The van der Waals surface area contributed by atoms with Crippen LogP contribution in [0.4, 0.5) is 0 Å². The van der Waals surface area contributed by atoms with Crippen molar-refractivity contribution in [3.05, 3.63) is 15.6 Å². The predicted octanol–water partition coefficient (Wildman–Crippen LogP) is 1.48. The molecule has 0 unspecified atom stereocenters. The monoisotopic (exact) mass is 314 g/mol. The lowest BCUT2D eigenvalue weighted by atomic mass is 10.4. The van der Waals surface area contributed by atoms with Crippen LogP contribution in [0.2, 0.25) is 0 Å². The number of thiazole rings is 1. The molecule has 0 amide bonds. The average molecular weight is 314 g/mol. The van der Waals surface area contributed by atoms with E-state index >= 15 is 0 Å². The molecule has 0 aromatic carbocycles. The van der Waals surface area contributed by atoms with Gasteiger partial charge in [-0.25, -0.2) is 4.98 Å². The van der Waals surface area contributed by atoms with Gasteiger partial charge in [0, 0.05) is 32.2 Å². The number of nitrogens with zero attached hydrogens (tertiary/aromatic N) is 2. The maximum Gasteiger partial charge on any atom is 0.191 e. The lowest BCUT2D eigenvalue weighted by Gasteiger charge is -2.11. The van der Waals surface area contributed by atoms with Crippen molar-refractivity contribution < 1.29 is 9.47 Å². The van der Waals surface area contributed by atoms with Gasteiger partial charge in [-0.15, -0.1) is 11.3 Å². The summed E-state index contributed by atoms with van der Waals surface area (Å²) < 4.78 is 10.3. The molecule has 0 aliphatic heterocycles. The summed E-state index contributed by atoms with van der Waals surface area (Å²) in [5.41, 5.74) is 1.09. The van der Waals surface area contributed by atoms with Crippen molar-refractivity contribution in [2.75, 3.05) is 40.5 Å². The molecule has 0 aliphatic carbocycles. The minimum atomic E-state index is 0.643. The van der Waals surface area contributed by atoms with Crippen LogP contribution in [-0.4, -0.2) is 51.5 Å². The van der Waals surface area contributed by atoms with Crippen molar-refractivity contribution in [2.45, 2.75) is 26.8 Å². The summed E-state index contributed by atoms with van der Waals surface area (Å²) in [6.45, 7) is 7.65. The van der Waals surface area contributed by atoms with E-state index in [2.05, 4.69) is 20.6 Å². The van der Waals surface area contributed by atoms with E-state index in [9.17, 15) is 0 Å². The van der Waals surface area contributed by atoms with Gasteiger partial charge in [0.05, 0.1) is 30.5 Å². The summed E-state index contributed by atoms with van der Waals surface area (Å²) in [6, 6.07) is 0. The fraction of sp³-hybridized carbons (Fsp3) is 0.714. The zero-order chi connectivity index (χ0) is 15.5. The number of hydrogen-bond donors (Lipinski definition) is 2. The van der Waals surface area contributed by atoms with Gasteiger partial charge in [-0.3, -0.25) is 4.99 Å². The molecule has 6 nitrogen and oxygen atoms in total. The van der Waals surface area contributed by atoms with E-state index in [1.807, 2.05) is 13.8 Å². The van der Waals surface area contributed by atoms with E-state index in [-0.39, 0.29) is 0 Å². The highest BCUT2D eigenvalue weighted by Crippen LogP contribution is 2.16. The molecular weight excluding hydrogens is 288 g/mol. The molecule has 2 N–H and O–H groups in total. The standard InChI is InChI=1S/C14H26N4O2S/c1-11-13(21-12(2)18-11)10-17-14(15-3)16-6-5-7-20-9-8-19-4/h5-10H2,1-4H3,(H2,15,16,17). The van der Waals surface area contributed by atoms with Crippen LogP contribution in [0.5, 0.6) is 0 Å². The number of guanidine groups is 1. The van der Waals surface area contributed by atoms with Crippen molar-refractivity contribution in [1.29, 1.82) is 0 Å². The summed E-state index contributed by atoms with van der Waals surface area (Å²) in [5.74, 6) is 0.803. The Morgan fingerprint density at radius 3 is 2.67 bits per heavy atom. The van der Waals surface area contributed by atoms with E-state index in [0.29, 0.717) is 13.2 Å². The lowest BCUT2D eigenvalue weighted by Crippen LogP contribution is -2.37. The van der Waals surface area contributed by atoms with Gasteiger partial charge >= 0.3 is 0 Å². The fourth-order valence-corrected chi connectivity index (χ4v) is 2.62. The Bertz CT molecular complexity index is 435. The van der Waals surface area contributed by atoms with Crippen LogP contribution in [0, 0.1) is 13.8 Å². The third-order valence-corrected chi connectivity index (χ3v) is 3.90. The zero-order valence-corrected chi connectivity index (χ0v) is 14.2. The number of methoxy groups -OCH3 is 1. The fourth-order valence-electron chi connectivity index (χ4n) is 1.75. The van der Waals surface area contributed by atoms with E-state index < -0.39 is 0 Å². The van der Waals surface area contributed by atoms with Crippen molar-refractivity contribution in [2.24, 2.45) is 4.99 Å². The first kappa shape index (κ1) is 17.9. The van der Waals surface area contributed by atoms with E-state index in [0.717, 1.165) is 42.8 Å². The minimum absolute atomic E-state index is 0.643. The largest absolute Gasteiger partial charge is 0.382 e. The van der Waals surface area contributed by atoms with E-state index in [1.54, 1.807) is 25.5 Å². The second-order valence-corrected chi connectivity index (χ2v) is 5.84. The number of aryl methyl sites for hydroxylation is 2. The summed E-state index contributed by atoms with van der Waals surface area (Å²) in [6.07, 6.45) is 0.934. The number of nitrogens with one attached hydrogen (secondary N) is 2. The topological polar surface area (TPSA) is 67.8 Å². The lowest BCUT2D eigenvalue weighted by molar-refractivity contribution is 0.0698. The minimum Gasteiger partial charge on any atom is -0.382 e. The van der Waals surface area contributed by atoms with Gasteiger partial charge in [0.2, 0.25) is 0 Å². The van der Waals surface area contributed by atoms with Crippen LogP contribution in [0.1, 0.15) is 22.0 Å². The third-order valence-electron chi connectivity index (χ3n) is 2.83. The van der Waals surface area contributed by atoms with Crippen LogP contribution in [0.3, 0.4) is 0 Å². The molecule has 0 radical (unpaired) electrons. The molecule has 1 rings (SSSR count). The van der Waals surface area contributed by atoms with Crippen molar-refractivity contribution in [1.82, 2.24) is 15.6 Å². The Hall–Kier alpha value is -1.18. The van der Waals surface area contributed by atoms with Crippen molar-refractivity contribution in [3.8, 4) is 0 Å². The molecule has 0 bridgehead atoms. The quantitative estimate of drug-likeness (QED) is 0.410. The van der Waals surface area contributed by atoms with Crippen LogP contribution in [0.25, 0.3) is 0 Å². The van der Waals surface area contributed by atoms with Gasteiger partial charge < -0.3 is 20.1 Å². The number of hydrogen-bond acceptors (Lipinski definition) is 5. The molecule has 120 valence electrons. The molecule has 0 atom stereocenters. The van der Waals surface area contributed by atoms with Gasteiger partial charge in [-0.05, 0) is 20.3 Å². The highest BCUT2D eigenvalue weighted by molar-refractivity contribution is 7.11. The van der Waals surface area contributed by atoms with Crippen molar-refractivity contribution >= 4 is 17.3 Å². The SMILES string of the molecule is CN=C(NCCCOCCOC)NCc1sc(C)nc1C. The Kier molecular flexibility index (Phi) is 8.96.